The number of alkyl halides is 1. The van der Waals surface area contributed by atoms with E-state index in [2.05, 4.69) is 60.8 Å². The zero-order valence-electron chi connectivity index (χ0n) is 11.6. The van der Waals surface area contributed by atoms with Crippen molar-refractivity contribution in [2.75, 3.05) is 0 Å². The Bertz CT molecular complexity index is 536. The van der Waals surface area contributed by atoms with Gasteiger partial charge in [-0.2, -0.15) is 0 Å². The minimum atomic E-state index is 0.502. The van der Waals surface area contributed by atoms with Crippen molar-refractivity contribution in [3.05, 3.63) is 19.2 Å². The minimum absolute atomic E-state index is 0.502. The summed E-state index contributed by atoms with van der Waals surface area (Å²) in [6.07, 6.45) is 8.77. The molecular weight excluding hydrogens is 464 g/mol. The van der Waals surface area contributed by atoms with Crippen molar-refractivity contribution in [2.24, 2.45) is 22.7 Å². The largest absolute Gasteiger partial charge is 0.121 e. The predicted octanol–water partition coefficient (Wildman–Crippen LogP) is 7.32. The molecule has 20 heavy (non-hydrogen) atoms. The smallest absolute Gasteiger partial charge is 0.0754 e. The Morgan fingerprint density at radius 1 is 1.20 bits per heavy atom. The molecule has 0 radical (unpaired) electrons. The van der Waals surface area contributed by atoms with Crippen LogP contribution in [0.3, 0.4) is 0 Å². The monoisotopic (exact) mass is 480 g/mol. The summed E-state index contributed by atoms with van der Waals surface area (Å²) in [5.74, 6) is 1.98. The Kier molecular flexibility index (Phi) is 3.54. The van der Waals surface area contributed by atoms with Crippen molar-refractivity contribution < 1.29 is 0 Å². The van der Waals surface area contributed by atoms with Crippen molar-refractivity contribution in [1.29, 1.82) is 0 Å². The average molecular weight is 483 g/mol. The third-order valence-electron chi connectivity index (χ3n) is 5.89. The SMILES string of the molecule is CC12CC3CC(C1)CC(C(Br)c1cc(Br)sc1Br)(C3)C2. The van der Waals surface area contributed by atoms with Crippen LogP contribution in [-0.4, -0.2) is 0 Å². The van der Waals surface area contributed by atoms with E-state index < -0.39 is 0 Å². The molecule has 0 aromatic carbocycles. The maximum absolute atomic E-state index is 4.12. The molecule has 0 nitrogen and oxygen atoms in total. The van der Waals surface area contributed by atoms with Crippen LogP contribution in [0.5, 0.6) is 0 Å². The number of hydrogen-bond donors (Lipinski definition) is 0. The zero-order chi connectivity index (χ0) is 14.1. The first-order valence-corrected chi connectivity index (χ1v) is 10.8. The molecule has 4 aliphatic rings. The molecule has 4 heteroatoms. The summed E-state index contributed by atoms with van der Waals surface area (Å²) < 4.78 is 2.53. The van der Waals surface area contributed by atoms with Gasteiger partial charge in [-0.05, 0) is 105 Å². The van der Waals surface area contributed by atoms with E-state index in [1.54, 1.807) is 11.3 Å². The number of thiophene rings is 1. The second kappa shape index (κ2) is 4.82. The topological polar surface area (TPSA) is 0 Å². The molecule has 3 unspecified atom stereocenters. The second-order valence-electron chi connectivity index (χ2n) is 7.78. The third kappa shape index (κ3) is 2.23. The molecule has 1 aromatic rings. The molecule has 3 atom stereocenters. The molecular formula is C16H19Br3S. The van der Waals surface area contributed by atoms with Crippen molar-refractivity contribution in [3.8, 4) is 0 Å². The van der Waals surface area contributed by atoms with Gasteiger partial charge in [-0.3, -0.25) is 0 Å². The fraction of sp³-hybridized carbons (Fsp3) is 0.750. The molecule has 4 fully saturated rings. The van der Waals surface area contributed by atoms with Gasteiger partial charge in [-0.25, -0.2) is 0 Å². The van der Waals surface area contributed by atoms with Crippen LogP contribution in [0, 0.1) is 22.7 Å². The molecule has 0 N–H and O–H groups in total. The van der Waals surface area contributed by atoms with Crippen LogP contribution in [0.4, 0.5) is 0 Å². The maximum atomic E-state index is 4.12. The van der Waals surface area contributed by atoms with Crippen molar-refractivity contribution >= 4 is 59.1 Å². The van der Waals surface area contributed by atoms with Gasteiger partial charge in [0.25, 0.3) is 0 Å². The van der Waals surface area contributed by atoms with Gasteiger partial charge in [0.05, 0.1) is 7.57 Å². The normalized spacial score (nSPS) is 44.0. The van der Waals surface area contributed by atoms with Gasteiger partial charge < -0.3 is 0 Å². The van der Waals surface area contributed by atoms with Gasteiger partial charge in [0, 0.05) is 4.83 Å². The van der Waals surface area contributed by atoms with Crippen LogP contribution in [0.25, 0.3) is 0 Å². The number of halogens is 3. The molecule has 1 aromatic heterocycles. The van der Waals surface area contributed by atoms with E-state index in [0.717, 1.165) is 11.8 Å². The first-order valence-electron chi connectivity index (χ1n) is 7.48. The summed E-state index contributed by atoms with van der Waals surface area (Å²) in [7, 11) is 0. The van der Waals surface area contributed by atoms with Crippen molar-refractivity contribution in [1.82, 2.24) is 0 Å². The van der Waals surface area contributed by atoms with E-state index in [4.69, 9.17) is 0 Å². The Morgan fingerprint density at radius 3 is 2.35 bits per heavy atom. The summed E-state index contributed by atoms with van der Waals surface area (Å²) in [5.41, 5.74) is 2.59. The fourth-order valence-electron chi connectivity index (χ4n) is 5.95. The summed E-state index contributed by atoms with van der Waals surface area (Å²) in [6.45, 7) is 2.55. The lowest BCUT2D eigenvalue weighted by Crippen LogP contribution is -2.52. The maximum Gasteiger partial charge on any atom is 0.0754 e. The van der Waals surface area contributed by atoms with Crippen LogP contribution in [0.15, 0.2) is 13.6 Å². The third-order valence-corrected chi connectivity index (χ3v) is 9.74. The van der Waals surface area contributed by atoms with Crippen molar-refractivity contribution in [3.63, 3.8) is 0 Å². The fourth-order valence-corrected chi connectivity index (χ4v) is 10.2. The Labute approximate surface area is 150 Å². The van der Waals surface area contributed by atoms with Gasteiger partial charge in [-0.1, -0.05) is 22.9 Å². The predicted molar refractivity (Wildman–Crippen MR) is 96.6 cm³/mol. The van der Waals surface area contributed by atoms with E-state index in [0.29, 0.717) is 15.7 Å². The average Bonchev–Trinajstić information content (AvgIpc) is 2.64. The highest BCUT2D eigenvalue weighted by atomic mass is 79.9. The van der Waals surface area contributed by atoms with E-state index in [9.17, 15) is 0 Å². The summed E-state index contributed by atoms with van der Waals surface area (Å²) in [5, 5.41) is 0. The molecule has 0 amide bonds. The Balaban J connectivity index is 1.72. The number of rotatable bonds is 2. The Morgan fingerprint density at radius 2 is 1.85 bits per heavy atom. The Hall–Kier alpha value is 1.14. The summed E-state index contributed by atoms with van der Waals surface area (Å²) in [6, 6.07) is 2.31. The van der Waals surface area contributed by atoms with Gasteiger partial charge in [-0.15, -0.1) is 11.3 Å². The molecule has 0 saturated heterocycles. The van der Waals surface area contributed by atoms with Crippen LogP contribution in [0.2, 0.25) is 0 Å². The first kappa shape index (κ1) is 14.7. The quantitative estimate of drug-likeness (QED) is 0.387. The summed E-state index contributed by atoms with van der Waals surface area (Å²) in [4.78, 5) is 0.511. The van der Waals surface area contributed by atoms with E-state index in [1.807, 2.05) is 0 Å². The minimum Gasteiger partial charge on any atom is -0.121 e. The van der Waals surface area contributed by atoms with Crippen LogP contribution in [0.1, 0.15) is 55.8 Å². The van der Waals surface area contributed by atoms with Gasteiger partial charge in [0.2, 0.25) is 0 Å². The molecule has 4 bridgehead atoms. The standard InChI is InChI=1S/C16H19Br3S/c1-15-4-9-2-10(5-15)7-16(6-9,8-15)13(18)11-3-12(17)20-14(11)19/h3,9-10,13H,2,4-8H2,1H3. The molecule has 4 saturated carbocycles. The molecule has 5 rings (SSSR count). The van der Waals surface area contributed by atoms with Gasteiger partial charge in [0.15, 0.2) is 0 Å². The highest BCUT2D eigenvalue weighted by molar-refractivity contribution is 9.12. The van der Waals surface area contributed by atoms with E-state index in [-0.39, 0.29) is 0 Å². The van der Waals surface area contributed by atoms with Crippen LogP contribution >= 0.6 is 59.1 Å². The van der Waals surface area contributed by atoms with Crippen molar-refractivity contribution in [2.45, 2.75) is 50.3 Å². The lowest BCUT2D eigenvalue weighted by molar-refractivity contribution is -0.101. The highest BCUT2D eigenvalue weighted by Gasteiger charge is 2.58. The number of hydrogen-bond acceptors (Lipinski definition) is 1. The van der Waals surface area contributed by atoms with E-state index in [1.165, 1.54) is 51.7 Å². The molecule has 110 valence electrons. The second-order valence-corrected chi connectivity index (χ2v) is 12.4. The van der Waals surface area contributed by atoms with Gasteiger partial charge in [0.1, 0.15) is 0 Å². The lowest BCUT2D eigenvalue weighted by atomic mass is 9.44. The van der Waals surface area contributed by atoms with E-state index >= 15 is 0 Å². The zero-order valence-corrected chi connectivity index (χ0v) is 17.2. The molecule has 0 spiro atoms. The highest BCUT2D eigenvalue weighted by Crippen LogP contribution is 2.70. The molecule has 1 heterocycles. The summed E-state index contributed by atoms with van der Waals surface area (Å²) >= 11 is 13.3. The molecule has 0 aliphatic heterocycles. The van der Waals surface area contributed by atoms with Crippen LogP contribution < -0.4 is 0 Å². The lowest BCUT2D eigenvalue weighted by Gasteiger charge is -2.62. The van der Waals surface area contributed by atoms with Crippen LogP contribution in [-0.2, 0) is 0 Å². The van der Waals surface area contributed by atoms with Gasteiger partial charge >= 0.3 is 0 Å². The first-order chi connectivity index (χ1) is 9.39. The molecule has 4 aliphatic carbocycles.